The summed E-state index contributed by atoms with van der Waals surface area (Å²) in [7, 11) is -4.69. The normalized spacial score (nSPS) is 15.2. The van der Waals surface area contributed by atoms with Crippen LogP contribution in [0.1, 0.15) is 6.92 Å². The zero-order valence-electron chi connectivity index (χ0n) is 9.71. The van der Waals surface area contributed by atoms with Gasteiger partial charge in [-0.3, -0.25) is 4.21 Å². The van der Waals surface area contributed by atoms with Crippen molar-refractivity contribution in [2.75, 3.05) is 18.1 Å². The Balaban J connectivity index is 2.89. The summed E-state index contributed by atoms with van der Waals surface area (Å²) < 4.78 is 33.8. The van der Waals surface area contributed by atoms with E-state index in [-0.39, 0.29) is 10.1 Å². The largest absolute Gasteiger partial charge is 0.383 e. The molecule has 1 aromatic carbocycles. The monoisotopic (exact) mass is 276 g/mol. The number of hydrogen-bond donors (Lipinski definition) is 2. The van der Waals surface area contributed by atoms with Crippen molar-refractivity contribution in [1.29, 1.82) is 0 Å². The van der Waals surface area contributed by atoms with Crippen molar-refractivity contribution in [3.63, 3.8) is 0 Å². The zero-order valence-corrected chi connectivity index (χ0v) is 11.3. The number of para-hydroxylation sites is 1. The summed E-state index contributed by atoms with van der Waals surface area (Å²) >= 11 is 0. The van der Waals surface area contributed by atoms with Gasteiger partial charge in [0, 0.05) is 28.9 Å². The van der Waals surface area contributed by atoms with Crippen LogP contribution in [0.4, 0.5) is 5.69 Å². The molecule has 0 radical (unpaired) electrons. The smallest absolute Gasteiger partial charge is 0.240 e. The van der Waals surface area contributed by atoms with Crippen LogP contribution in [-0.4, -0.2) is 30.7 Å². The number of rotatable bonds is 5. The number of primary sulfonamides is 1. The predicted octanol–water partition coefficient (Wildman–Crippen LogP) is 0.513. The number of hydrogen-bond acceptors (Lipinski definition) is 4. The minimum absolute atomic E-state index is 0.0501. The fourth-order valence-electron chi connectivity index (χ4n) is 1.23. The van der Waals surface area contributed by atoms with Crippen LogP contribution < -0.4 is 10.5 Å². The molecule has 0 bridgehead atoms. The third-order valence-electron chi connectivity index (χ3n) is 2.34. The second-order valence-corrected chi connectivity index (χ2v) is 7.06. The highest BCUT2D eigenvalue weighted by molar-refractivity contribution is 7.89. The van der Waals surface area contributed by atoms with Gasteiger partial charge in [0.2, 0.25) is 10.0 Å². The van der Waals surface area contributed by atoms with Crippen molar-refractivity contribution in [2.24, 2.45) is 5.14 Å². The summed E-state index contributed by atoms with van der Waals surface area (Å²) in [6.07, 6.45) is 1.61. The lowest BCUT2D eigenvalue weighted by molar-refractivity contribution is 0.598. The lowest BCUT2D eigenvalue weighted by Gasteiger charge is -2.13. The number of nitrogens with two attached hydrogens (primary N) is 1. The van der Waals surface area contributed by atoms with Crippen molar-refractivity contribution in [3.05, 3.63) is 24.3 Å². The predicted molar refractivity (Wildman–Crippen MR) is 69.8 cm³/mol. The van der Waals surface area contributed by atoms with Crippen LogP contribution >= 0.6 is 0 Å². The Bertz CT molecular complexity index is 514. The third-order valence-corrected chi connectivity index (χ3v) is 4.61. The average molecular weight is 276 g/mol. The number of anilines is 1. The van der Waals surface area contributed by atoms with Crippen LogP contribution in [0.25, 0.3) is 0 Å². The van der Waals surface area contributed by atoms with Crippen LogP contribution in [0.2, 0.25) is 0 Å². The molecule has 17 heavy (non-hydrogen) atoms. The van der Waals surface area contributed by atoms with Gasteiger partial charge >= 0.3 is 0 Å². The van der Waals surface area contributed by atoms with Crippen molar-refractivity contribution in [2.45, 2.75) is 17.1 Å². The number of benzene rings is 1. The van der Waals surface area contributed by atoms with Crippen molar-refractivity contribution in [1.82, 2.24) is 0 Å². The van der Waals surface area contributed by atoms with Gasteiger partial charge in [-0.1, -0.05) is 12.1 Å². The summed E-state index contributed by atoms with van der Waals surface area (Å²) in [5.74, 6) is 0. The first-order valence-corrected chi connectivity index (χ1v) is 8.17. The fourth-order valence-corrected chi connectivity index (χ4v) is 2.26. The Labute approximate surface area is 104 Å². The summed E-state index contributed by atoms with van der Waals surface area (Å²) in [5, 5.41) is 7.98. The molecule has 0 heterocycles. The third kappa shape index (κ3) is 4.10. The zero-order chi connectivity index (χ0) is 13.1. The molecular weight excluding hydrogens is 260 g/mol. The Morgan fingerprint density at radius 1 is 1.41 bits per heavy atom. The van der Waals surface area contributed by atoms with E-state index in [0.717, 1.165) is 0 Å². The standard InChI is InChI=1S/C10H16N2O3S2/c1-8(16(2)13)7-12-9-5-3-4-6-10(9)17(11,14)15/h3-6,8,12H,7H2,1-2H3,(H2,11,14,15). The molecule has 96 valence electrons. The molecule has 2 unspecified atom stereocenters. The Kier molecular flexibility index (Phi) is 4.67. The first-order valence-electron chi connectivity index (χ1n) is 5.00. The minimum Gasteiger partial charge on any atom is -0.383 e. The molecule has 0 saturated heterocycles. The van der Waals surface area contributed by atoms with Gasteiger partial charge in [-0.2, -0.15) is 0 Å². The van der Waals surface area contributed by atoms with Gasteiger partial charge in [0.15, 0.2) is 0 Å². The second kappa shape index (κ2) is 5.61. The molecule has 1 rings (SSSR count). The van der Waals surface area contributed by atoms with Crippen molar-refractivity contribution >= 4 is 26.5 Å². The second-order valence-electron chi connectivity index (χ2n) is 3.73. The van der Waals surface area contributed by atoms with Crippen LogP contribution in [0, 0.1) is 0 Å². The maximum absolute atomic E-state index is 11.3. The average Bonchev–Trinajstić information content (AvgIpc) is 2.24. The van der Waals surface area contributed by atoms with Crippen LogP contribution in [-0.2, 0) is 20.8 Å². The molecule has 0 aliphatic rings. The molecule has 0 saturated carbocycles. The molecule has 0 amide bonds. The molecule has 2 atom stereocenters. The minimum atomic E-state index is -3.74. The van der Waals surface area contributed by atoms with Crippen LogP contribution in [0.3, 0.4) is 0 Å². The van der Waals surface area contributed by atoms with Gasteiger partial charge < -0.3 is 5.32 Å². The van der Waals surface area contributed by atoms with E-state index in [2.05, 4.69) is 5.32 Å². The Morgan fingerprint density at radius 2 is 2.00 bits per heavy atom. The Morgan fingerprint density at radius 3 is 2.53 bits per heavy atom. The van der Waals surface area contributed by atoms with E-state index < -0.39 is 20.8 Å². The van der Waals surface area contributed by atoms with E-state index in [1.165, 1.54) is 6.07 Å². The number of sulfonamides is 1. The maximum atomic E-state index is 11.3. The number of nitrogens with one attached hydrogen (secondary N) is 1. The highest BCUT2D eigenvalue weighted by Crippen LogP contribution is 2.19. The van der Waals surface area contributed by atoms with E-state index in [1.807, 2.05) is 6.92 Å². The van der Waals surface area contributed by atoms with Crippen molar-refractivity contribution < 1.29 is 12.6 Å². The lowest BCUT2D eigenvalue weighted by atomic mass is 10.3. The summed E-state index contributed by atoms with van der Waals surface area (Å²) in [4.78, 5) is 0.0501. The first-order chi connectivity index (χ1) is 7.82. The molecule has 7 heteroatoms. The maximum Gasteiger partial charge on any atom is 0.240 e. The molecule has 0 aliphatic carbocycles. The molecule has 0 fully saturated rings. The SMILES string of the molecule is CC(CNc1ccccc1S(N)(=O)=O)S(C)=O. The van der Waals surface area contributed by atoms with Gasteiger partial charge in [-0.25, -0.2) is 13.6 Å². The van der Waals surface area contributed by atoms with Gasteiger partial charge in [-0.05, 0) is 19.1 Å². The highest BCUT2D eigenvalue weighted by Gasteiger charge is 2.14. The summed E-state index contributed by atoms with van der Waals surface area (Å²) in [6.45, 7) is 2.25. The van der Waals surface area contributed by atoms with E-state index in [4.69, 9.17) is 5.14 Å². The molecule has 0 aliphatic heterocycles. The molecule has 1 aromatic rings. The molecular formula is C10H16N2O3S2. The van der Waals surface area contributed by atoms with E-state index >= 15 is 0 Å². The molecule has 5 nitrogen and oxygen atoms in total. The first kappa shape index (κ1) is 14.1. The topological polar surface area (TPSA) is 89.3 Å². The summed E-state index contributed by atoms with van der Waals surface area (Å²) in [5.41, 5.74) is 0.437. The van der Waals surface area contributed by atoms with Crippen molar-refractivity contribution in [3.8, 4) is 0 Å². The molecule has 0 aromatic heterocycles. The van der Waals surface area contributed by atoms with E-state index in [1.54, 1.807) is 24.5 Å². The Hall–Kier alpha value is -0.920. The van der Waals surface area contributed by atoms with E-state index in [0.29, 0.717) is 12.2 Å². The van der Waals surface area contributed by atoms with Gasteiger partial charge in [0.05, 0.1) is 5.69 Å². The highest BCUT2D eigenvalue weighted by atomic mass is 32.2. The quantitative estimate of drug-likeness (QED) is 0.820. The van der Waals surface area contributed by atoms with Gasteiger partial charge in [0.1, 0.15) is 4.90 Å². The van der Waals surface area contributed by atoms with Gasteiger partial charge in [0.25, 0.3) is 0 Å². The summed E-state index contributed by atoms with van der Waals surface area (Å²) in [6, 6.07) is 6.38. The lowest BCUT2D eigenvalue weighted by Crippen LogP contribution is -2.22. The van der Waals surface area contributed by atoms with E-state index in [9.17, 15) is 12.6 Å². The molecule has 0 spiro atoms. The molecule has 3 N–H and O–H groups in total. The van der Waals surface area contributed by atoms with Gasteiger partial charge in [-0.15, -0.1) is 0 Å². The van der Waals surface area contributed by atoms with Crippen LogP contribution in [0.15, 0.2) is 29.2 Å². The fraction of sp³-hybridized carbons (Fsp3) is 0.400. The van der Waals surface area contributed by atoms with Crippen LogP contribution in [0.5, 0.6) is 0 Å².